The molecule has 5 rings (SSSR count). The third-order valence-electron chi connectivity index (χ3n) is 6.48. The van der Waals surface area contributed by atoms with Crippen LogP contribution in [-0.2, 0) is 10.9 Å². The zero-order valence-electron chi connectivity index (χ0n) is 20.6. The van der Waals surface area contributed by atoms with Crippen LogP contribution in [0.15, 0.2) is 36.5 Å². The van der Waals surface area contributed by atoms with E-state index in [9.17, 15) is 37.3 Å². The van der Waals surface area contributed by atoms with Crippen LogP contribution in [0.1, 0.15) is 29.4 Å². The maximum Gasteiger partial charge on any atom is 0.418 e. The lowest BCUT2D eigenvalue weighted by atomic mass is 9.92. The smallest absolute Gasteiger partial charge is 0.394 e. The molecule has 17 heteroatoms. The van der Waals surface area contributed by atoms with Crippen molar-refractivity contribution in [3.05, 3.63) is 75.4 Å². The minimum atomic E-state index is -4.82. The number of rotatable bonds is 5. The van der Waals surface area contributed by atoms with E-state index in [0.717, 1.165) is 45.9 Å². The van der Waals surface area contributed by atoms with E-state index in [2.05, 4.69) is 20.4 Å². The number of hydrogen-bond acceptors (Lipinski definition) is 8. The highest BCUT2D eigenvalue weighted by molar-refractivity contribution is 6.31. The van der Waals surface area contributed by atoms with Crippen LogP contribution in [0.4, 0.5) is 22.0 Å². The molecule has 3 heterocycles. The number of alkyl halides is 3. The van der Waals surface area contributed by atoms with Crippen molar-refractivity contribution in [1.29, 1.82) is 0 Å². The van der Waals surface area contributed by atoms with Crippen LogP contribution in [0.25, 0.3) is 16.9 Å². The summed E-state index contributed by atoms with van der Waals surface area (Å²) >= 11 is 11.6. The van der Waals surface area contributed by atoms with Gasteiger partial charge in [-0.3, -0.25) is 0 Å². The number of aryl methyl sites for hydroxylation is 1. The van der Waals surface area contributed by atoms with Gasteiger partial charge in [-0.2, -0.15) is 18.3 Å². The highest BCUT2D eigenvalue weighted by Gasteiger charge is 2.49. The third-order valence-corrected chi connectivity index (χ3v) is 7.00. The zero-order chi connectivity index (χ0) is 29.8. The zero-order valence-corrected chi connectivity index (χ0v) is 22.1. The lowest BCUT2D eigenvalue weighted by Gasteiger charge is -2.41. The number of aliphatic hydroxyl groups is 3. The largest absolute Gasteiger partial charge is 0.418 e. The maximum atomic E-state index is 14.5. The van der Waals surface area contributed by atoms with Crippen LogP contribution in [0, 0.1) is 18.6 Å². The summed E-state index contributed by atoms with van der Waals surface area (Å²) in [4.78, 5) is 4.16. The summed E-state index contributed by atoms with van der Waals surface area (Å²) < 4.78 is 77.5. The fraction of sp³-hybridized carbons (Fsp3) is 0.333. The first-order valence-corrected chi connectivity index (χ1v) is 12.6. The number of aromatic nitrogens is 6. The molecule has 1 aliphatic rings. The van der Waals surface area contributed by atoms with Crippen molar-refractivity contribution in [2.24, 2.45) is 0 Å². The van der Waals surface area contributed by atoms with E-state index >= 15 is 0 Å². The van der Waals surface area contributed by atoms with Crippen LogP contribution in [-0.4, -0.2) is 70.0 Å². The molecule has 0 unspecified atom stereocenters. The molecular formula is C24H19Cl2F5N6O4. The topological polar surface area (TPSA) is 131 Å². The average Bonchev–Trinajstić information content (AvgIpc) is 3.53. The Kier molecular flexibility index (Phi) is 7.78. The molecule has 4 aromatic rings. The van der Waals surface area contributed by atoms with Gasteiger partial charge < -0.3 is 20.1 Å². The monoisotopic (exact) mass is 620 g/mol. The number of aliphatic hydroxyl groups excluding tert-OH is 3. The summed E-state index contributed by atoms with van der Waals surface area (Å²) in [5, 5.41) is 43.4. The lowest BCUT2D eigenvalue weighted by Crippen LogP contribution is -2.53. The highest BCUT2D eigenvalue weighted by Crippen LogP contribution is 2.41. The molecule has 5 atom stereocenters. The molecule has 10 nitrogen and oxygen atoms in total. The molecule has 0 spiro atoms. The molecule has 0 amide bonds. The molecule has 3 N–H and O–H groups in total. The van der Waals surface area contributed by atoms with Crippen molar-refractivity contribution in [3.63, 3.8) is 0 Å². The van der Waals surface area contributed by atoms with Gasteiger partial charge in [0.25, 0.3) is 0 Å². The Morgan fingerprint density at radius 1 is 1.05 bits per heavy atom. The first-order chi connectivity index (χ1) is 19.3. The number of hydrogen-bond donors (Lipinski definition) is 3. The van der Waals surface area contributed by atoms with Gasteiger partial charge in [0.15, 0.2) is 5.82 Å². The van der Waals surface area contributed by atoms with Crippen LogP contribution in [0.2, 0.25) is 10.0 Å². The number of nitrogens with zero attached hydrogens (tertiary/aromatic N) is 6. The molecule has 0 radical (unpaired) electrons. The molecule has 2 aromatic carbocycles. The van der Waals surface area contributed by atoms with Gasteiger partial charge in [0.2, 0.25) is 0 Å². The molecular weight excluding hydrogens is 602 g/mol. The molecule has 1 saturated heterocycles. The third kappa shape index (κ3) is 5.40. The van der Waals surface area contributed by atoms with Gasteiger partial charge in [0.05, 0.1) is 29.1 Å². The summed E-state index contributed by atoms with van der Waals surface area (Å²) in [5.41, 5.74) is -2.12. The van der Waals surface area contributed by atoms with Crippen LogP contribution >= 0.6 is 23.2 Å². The van der Waals surface area contributed by atoms with E-state index in [0.29, 0.717) is 0 Å². The predicted octanol–water partition coefficient (Wildman–Crippen LogP) is 3.83. The van der Waals surface area contributed by atoms with Crippen molar-refractivity contribution < 1.29 is 42.0 Å². The van der Waals surface area contributed by atoms with Crippen molar-refractivity contribution in [2.75, 3.05) is 6.61 Å². The van der Waals surface area contributed by atoms with E-state index in [1.165, 1.54) is 6.92 Å². The Morgan fingerprint density at radius 3 is 2.46 bits per heavy atom. The molecule has 0 bridgehead atoms. The Morgan fingerprint density at radius 2 is 1.78 bits per heavy atom. The van der Waals surface area contributed by atoms with Crippen LogP contribution < -0.4 is 0 Å². The summed E-state index contributed by atoms with van der Waals surface area (Å²) in [6.07, 6.45) is -10.1. The predicted molar refractivity (Wildman–Crippen MR) is 132 cm³/mol. The number of benzene rings is 2. The first kappa shape index (κ1) is 29.3. The molecule has 2 aromatic heterocycles. The summed E-state index contributed by atoms with van der Waals surface area (Å²) in [6.45, 7) is 0.615. The first-order valence-electron chi connectivity index (χ1n) is 11.8. The lowest BCUT2D eigenvalue weighted by molar-refractivity contribution is -0.210. The van der Waals surface area contributed by atoms with E-state index in [1.807, 2.05) is 0 Å². The standard InChI is InChI=1S/C24H19Cl2F5N6O4/c1-9-32-23(37(34-9)17-4-10(25)2-3-12(17)24(29,30)31)22-21(40)19(20(39)18(8-38)41-22)36-7-16(33-35-36)11-5-15(28)13(26)6-14(11)27/h2-7,18-22,38-40H,8H2,1H3/t18-,19+,20+,21-,22-/m1/s1. The minimum absolute atomic E-state index is 0.00963. The Hall–Kier alpha value is -3.21. The quantitative estimate of drug-likeness (QED) is 0.227. The van der Waals surface area contributed by atoms with Crippen molar-refractivity contribution in [3.8, 4) is 16.9 Å². The summed E-state index contributed by atoms with van der Waals surface area (Å²) in [5.74, 6) is -2.15. The fourth-order valence-electron chi connectivity index (χ4n) is 4.61. The normalized spacial score (nSPS) is 23.2. The van der Waals surface area contributed by atoms with Gasteiger partial charge in [-0.1, -0.05) is 28.4 Å². The van der Waals surface area contributed by atoms with Crippen molar-refractivity contribution in [2.45, 2.75) is 43.6 Å². The van der Waals surface area contributed by atoms with Crippen LogP contribution in [0.5, 0.6) is 0 Å². The molecule has 1 fully saturated rings. The molecule has 0 aliphatic carbocycles. The Balaban J connectivity index is 1.59. The molecule has 218 valence electrons. The van der Waals surface area contributed by atoms with Crippen molar-refractivity contribution >= 4 is 23.2 Å². The van der Waals surface area contributed by atoms with E-state index in [1.54, 1.807) is 0 Å². The van der Waals surface area contributed by atoms with Gasteiger partial charge in [0.1, 0.15) is 53.6 Å². The second-order valence-electron chi connectivity index (χ2n) is 9.17. The molecule has 0 saturated carbocycles. The summed E-state index contributed by atoms with van der Waals surface area (Å²) in [7, 11) is 0. The maximum absolute atomic E-state index is 14.5. The highest BCUT2D eigenvalue weighted by atomic mass is 35.5. The molecule has 41 heavy (non-hydrogen) atoms. The van der Waals surface area contributed by atoms with E-state index in [-0.39, 0.29) is 27.9 Å². The molecule has 1 aliphatic heterocycles. The SMILES string of the molecule is Cc1nc([C@@H]2O[C@H](CO)[C@H](O)[C@H](n3cc(-c4cc(F)c(Cl)cc4F)nn3)[C@H]2O)n(-c2cc(Cl)ccc2C(F)(F)F)n1. The van der Waals surface area contributed by atoms with Gasteiger partial charge in [-0.25, -0.2) is 23.1 Å². The fourth-order valence-corrected chi connectivity index (χ4v) is 4.92. The van der Waals surface area contributed by atoms with Gasteiger partial charge >= 0.3 is 6.18 Å². The number of halogens is 7. The van der Waals surface area contributed by atoms with Gasteiger partial charge in [0, 0.05) is 10.6 Å². The minimum Gasteiger partial charge on any atom is -0.394 e. The summed E-state index contributed by atoms with van der Waals surface area (Å²) in [6, 6.07) is 2.90. The van der Waals surface area contributed by atoms with E-state index < -0.39 is 71.1 Å². The van der Waals surface area contributed by atoms with Crippen molar-refractivity contribution in [1.82, 2.24) is 29.8 Å². The number of ether oxygens (including phenoxy) is 1. The Labute approximate surface area is 237 Å². The van der Waals surface area contributed by atoms with Crippen LogP contribution in [0.3, 0.4) is 0 Å². The second-order valence-corrected chi connectivity index (χ2v) is 10.0. The Bertz CT molecular complexity index is 1600. The second kappa shape index (κ2) is 10.9. The van der Waals surface area contributed by atoms with Gasteiger partial charge in [-0.15, -0.1) is 5.10 Å². The van der Waals surface area contributed by atoms with Gasteiger partial charge in [-0.05, 0) is 37.3 Å². The van der Waals surface area contributed by atoms with E-state index in [4.69, 9.17) is 27.9 Å². The average molecular weight is 621 g/mol.